The Hall–Kier alpha value is -1.89. The van der Waals surface area contributed by atoms with E-state index in [1.807, 2.05) is 0 Å². The van der Waals surface area contributed by atoms with E-state index < -0.39 is 20.5 Å². The first-order valence-electron chi connectivity index (χ1n) is 5.84. The molecule has 1 atom stereocenters. The zero-order valence-electron chi connectivity index (χ0n) is 10.6. The summed E-state index contributed by atoms with van der Waals surface area (Å²) in [5, 5.41) is 2.87. The second-order valence-electron chi connectivity index (χ2n) is 4.18. The van der Waals surface area contributed by atoms with Crippen molar-refractivity contribution in [3.05, 3.63) is 48.4 Å². The lowest BCUT2D eigenvalue weighted by atomic mass is 10.2. The summed E-state index contributed by atoms with van der Waals surface area (Å²) in [4.78, 5) is -0.423. The van der Waals surface area contributed by atoms with E-state index >= 15 is 0 Å². The molecule has 1 aromatic carbocycles. The van der Waals surface area contributed by atoms with Crippen LogP contribution < -0.4 is 5.32 Å². The number of halogens is 2. The van der Waals surface area contributed by atoms with Gasteiger partial charge in [0, 0.05) is 0 Å². The predicted molar refractivity (Wildman–Crippen MR) is 70.4 cm³/mol. The van der Waals surface area contributed by atoms with Gasteiger partial charge in [0.25, 0.3) is 0 Å². The number of rotatable bonds is 5. The molecule has 0 bridgehead atoms. The number of anilines is 1. The lowest BCUT2D eigenvalue weighted by molar-refractivity contribution is 0.235. The number of hydrogen-bond acceptors (Lipinski definition) is 4. The van der Waals surface area contributed by atoms with Gasteiger partial charge in [-0.3, -0.25) is 0 Å². The van der Waals surface area contributed by atoms with Crippen molar-refractivity contribution in [1.29, 1.82) is 0 Å². The summed E-state index contributed by atoms with van der Waals surface area (Å²) in [5.74, 6) is -2.88. The number of nitrogens with one attached hydrogen (secondary N) is 1. The van der Waals surface area contributed by atoms with Gasteiger partial charge in [-0.2, -0.15) is 8.78 Å². The summed E-state index contributed by atoms with van der Waals surface area (Å²) in [6, 6.07) is 8.61. The molecule has 0 aliphatic heterocycles. The maximum absolute atomic E-state index is 12.7. The van der Waals surface area contributed by atoms with Crippen LogP contribution in [0.2, 0.25) is 0 Å². The summed E-state index contributed by atoms with van der Waals surface area (Å²) in [5.41, 5.74) is 0.122. The van der Waals surface area contributed by atoms with Crippen molar-refractivity contribution in [3.8, 4) is 0 Å². The molecule has 0 fully saturated rings. The SMILES string of the molecule is CC(Nc1ccccc1S(=O)(=O)C(F)F)c1ccco1. The molecule has 0 saturated carbocycles. The molecular weight excluding hydrogens is 288 g/mol. The van der Waals surface area contributed by atoms with Crippen LogP contribution in [0.3, 0.4) is 0 Å². The maximum Gasteiger partial charge on any atom is 0.341 e. The van der Waals surface area contributed by atoms with Gasteiger partial charge in [-0.1, -0.05) is 12.1 Å². The fourth-order valence-electron chi connectivity index (χ4n) is 1.77. The summed E-state index contributed by atoms with van der Waals surface area (Å²) < 4.78 is 53.7. The normalized spacial score (nSPS) is 13.4. The second-order valence-corrected chi connectivity index (χ2v) is 6.07. The fourth-order valence-corrected chi connectivity index (χ4v) is 2.67. The van der Waals surface area contributed by atoms with Gasteiger partial charge >= 0.3 is 5.76 Å². The lowest BCUT2D eigenvalue weighted by Gasteiger charge is -2.16. The third kappa shape index (κ3) is 2.82. The Kier molecular flexibility index (Phi) is 4.08. The van der Waals surface area contributed by atoms with Gasteiger partial charge in [0.1, 0.15) is 5.76 Å². The van der Waals surface area contributed by atoms with Crippen molar-refractivity contribution in [1.82, 2.24) is 0 Å². The zero-order chi connectivity index (χ0) is 14.8. The van der Waals surface area contributed by atoms with E-state index in [4.69, 9.17) is 4.42 Å². The van der Waals surface area contributed by atoms with Crippen molar-refractivity contribution in [2.45, 2.75) is 23.6 Å². The number of sulfone groups is 1. The molecule has 1 N–H and O–H groups in total. The first kappa shape index (κ1) is 14.5. The van der Waals surface area contributed by atoms with E-state index in [1.165, 1.54) is 18.4 Å². The lowest BCUT2D eigenvalue weighted by Crippen LogP contribution is -2.15. The Bertz CT molecular complexity index is 669. The number of furan rings is 1. The largest absolute Gasteiger partial charge is 0.467 e. The van der Waals surface area contributed by atoms with Crippen LogP contribution in [0.15, 0.2) is 52.0 Å². The van der Waals surface area contributed by atoms with Gasteiger partial charge in [0.05, 0.1) is 22.9 Å². The first-order valence-corrected chi connectivity index (χ1v) is 7.38. The Labute approximate surface area is 115 Å². The Morgan fingerprint density at radius 3 is 2.45 bits per heavy atom. The molecular formula is C13H13F2NO3S. The van der Waals surface area contributed by atoms with Crippen molar-refractivity contribution < 1.29 is 21.6 Å². The van der Waals surface area contributed by atoms with Gasteiger partial charge in [0.2, 0.25) is 9.84 Å². The van der Waals surface area contributed by atoms with Crippen molar-refractivity contribution in [3.63, 3.8) is 0 Å². The Balaban J connectivity index is 2.34. The first-order chi connectivity index (χ1) is 9.43. The highest BCUT2D eigenvalue weighted by atomic mass is 32.2. The molecule has 2 rings (SSSR count). The molecule has 0 radical (unpaired) electrons. The monoisotopic (exact) mass is 301 g/mol. The Morgan fingerprint density at radius 2 is 1.85 bits per heavy atom. The summed E-state index contributed by atoms with van der Waals surface area (Å²) in [6.45, 7) is 1.74. The molecule has 4 nitrogen and oxygen atoms in total. The third-order valence-corrected chi connectivity index (χ3v) is 4.21. The minimum absolute atomic E-state index is 0.122. The van der Waals surface area contributed by atoms with Crippen LogP contribution >= 0.6 is 0 Å². The summed E-state index contributed by atoms with van der Waals surface area (Å²) >= 11 is 0. The minimum atomic E-state index is -4.65. The van der Waals surface area contributed by atoms with E-state index in [9.17, 15) is 17.2 Å². The van der Waals surface area contributed by atoms with Gasteiger partial charge in [-0.05, 0) is 31.2 Å². The molecule has 7 heteroatoms. The standard InChI is InChI=1S/C13H13F2NO3S/c1-9(11-6-4-8-19-11)16-10-5-2-3-7-12(10)20(17,18)13(14)15/h2-9,13,16H,1H3. The molecule has 1 heterocycles. The summed E-state index contributed by atoms with van der Waals surface area (Å²) in [7, 11) is -4.65. The number of alkyl halides is 2. The van der Waals surface area contributed by atoms with Crippen LogP contribution in [0.25, 0.3) is 0 Å². The number of hydrogen-bond donors (Lipinski definition) is 1. The number of benzene rings is 1. The van der Waals surface area contributed by atoms with Crippen LogP contribution in [-0.2, 0) is 9.84 Å². The molecule has 108 valence electrons. The van der Waals surface area contributed by atoms with E-state index in [-0.39, 0.29) is 11.7 Å². The average Bonchev–Trinajstić information content (AvgIpc) is 2.93. The second kappa shape index (κ2) is 5.62. The van der Waals surface area contributed by atoms with Crippen molar-refractivity contribution in [2.75, 3.05) is 5.32 Å². The highest BCUT2D eigenvalue weighted by molar-refractivity contribution is 7.91. The van der Waals surface area contributed by atoms with Crippen LogP contribution in [0, 0.1) is 0 Å². The van der Waals surface area contributed by atoms with Gasteiger partial charge < -0.3 is 9.73 Å². The van der Waals surface area contributed by atoms with Gasteiger partial charge in [-0.15, -0.1) is 0 Å². The van der Waals surface area contributed by atoms with Crippen LogP contribution in [0.5, 0.6) is 0 Å². The highest BCUT2D eigenvalue weighted by Crippen LogP contribution is 2.29. The molecule has 20 heavy (non-hydrogen) atoms. The van der Waals surface area contributed by atoms with Crippen molar-refractivity contribution in [2.24, 2.45) is 0 Å². The quantitative estimate of drug-likeness (QED) is 0.919. The molecule has 0 saturated heterocycles. The molecule has 1 unspecified atom stereocenters. The van der Waals surface area contributed by atoms with Crippen LogP contribution in [-0.4, -0.2) is 14.2 Å². The fraction of sp³-hybridized carbons (Fsp3) is 0.231. The average molecular weight is 301 g/mol. The minimum Gasteiger partial charge on any atom is -0.467 e. The van der Waals surface area contributed by atoms with Gasteiger partial charge in [-0.25, -0.2) is 8.42 Å². The predicted octanol–water partition coefficient (Wildman–Crippen LogP) is 3.45. The molecule has 0 spiro atoms. The van der Waals surface area contributed by atoms with Crippen LogP contribution in [0.4, 0.5) is 14.5 Å². The van der Waals surface area contributed by atoms with Crippen molar-refractivity contribution >= 4 is 15.5 Å². The van der Waals surface area contributed by atoms with E-state index in [2.05, 4.69) is 5.32 Å². The number of para-hydroxylation sites is 1. The third-order valence-electron chi connectivity index (χ3n) is 2.77. The topological polar surface area (TPSA) is 59.3 Å². The van der Waals surface area contributed by atoms with Crippen LogP contribution in [0.1, 0.15) is 18.7 Å². The molecule has 1 aromatic heterocycles. The smallest absolute Gasteiger partial charge is 0.341 e. The highest BCUT2D eigenvalue weighted by Gasteiger charge is 2.29. The van der Waals surface area contributed by atoms with E-state index in [0.717, 1.165) is 6.07 Å². The zero-order valence-corrected chi connectivity index (χ0v) is 11.4. The van der Waals surface area contributed by atoms with E-state index in [0.29, 0.717) is 5.76 Å². The molecule has 0 aliphatic carbocycles. The molecule has 0 amide bonds. The molecule has 0 aliphatic rings. The molecule has 2 aromatic rings. The maximum atomic E-state index is 12.7. The van der Waals surface area contributed by atoms with Gasteiger partial charge in [0.15, 0.2) is 0 Å². The Morgan fingerprint density at radius 1 is 1.15 bits per heavy atom. The summed E-state index contributed by atoms with van der Waals surface area (Å²) in [6.07, 6.45) is 1.48. The van der Waals surface area contributed by atoms with E-state index in [1.54, 1.807) is 25.1 Å².